The van der Waals surface area contributed by atoms with Gasteiger partial charge in [-0.3, -0.25) is 9.69 Å². The third-order valence-electron chi connectivity index (χ3n) is 9.72. The maximum absolute atomic E-state index is 13.2. The summed E-state index contributed by atoms with van der Waals surface area (Å²) in [5, 5.41) is 5.84. The average molecular weight is 711 g/mol. The first-order valence-electron chi connectivity index (χ1n) is 17.2. The van der Waals surface area contributed by atoms with Gasteiger partial charge in [0.05, 0.1) is 22.9 Å². The Morgan fingerprint density at radius 3 is 2.14 bits per heavy atom. The van der Waals surface area contributed by atoms with Crippen LogP contribution >= 0.6 is 0 Å². The number of nitrogens with two attached hydrogens (primary N) is 1. The molecular formula is C37H42N8O5S. The maximum Gasteiger partial charge on any atom is 0.323 e. The summed E-state index contributed by atoms with van der Waals surface area (Å²) in [6.07, 6.45) is 5.85. The summed E-state index contributed by atoms with van der Waals surface area (Å²) in [6.45, 7) is 5.51. The normalized spacial score (nSPS) is 19.0. The Morgan fingerprint density at radius 1 is 0.863 bits per heavy atom. The molecule has 51 heavy (non-hydrogen) atoms. The lowest BCUT2D eigenvalue weighted by atomic mass is 9.90. The highest BCUT2D eigenvalue weighted by Crippen LogP contribution is 2.37. The number of anilines is 1. The summed E-state index contributed by atoms with van der Waals surface area (Å²) in [5.74, 6) is 0.819. The summed E-state index contributed by atoms with van der Waals surface area (Å²) in [6, 6.07) is 23.2. The number of piperazine rings is 1. The summed E-state index contributed by atoms with van der Waals surface area (Å²) < 4.78 is 35.2. The van der Waals surface area contributed by atoms with Gasteiger partial charge in [-0.05, 0) is 91.3 Å². The number of rotatable bonds is 10. The van der Waals surface area contributed by atoms with E-state index in [0.29, 0.717) is 33.4 Å². The Balaban J connectivity index is 1.04. The van der Waals surface area contributed by atoms with Gasteiger partial charge in [-0.2, -0.15) is 5.10 Å². The van der Waals surface area contributed by atoms with Crippen LogP contribution in [0.1, 0.15) is 44.2 Å². The van der Waals surface area contributed by atoms with E-state index in [1.165, 1.54) is 18.5 Å². The molecule has 266 valence electrons. The second-order valence-electron chi connectivity index (χ2n) is 13.2. The smallest absolute Gasteiger partial charge is 0.323 e. The zero-order valence-corrected chi connectivity index (χ0v) is 29.6. The van der Waals surface area contributed by atoms with Crippen molar-refractivity contribution in [2.45, 2.75) is 56.1 Å². The summed E-state index contributed by atoms with van der Waals surface area (Å²) in [4.78, 5) is 30.8. The number of nitrogen functional groups attached to an aromatic ring is 1. The fraction of sp³-hybridized carbons (Fsp3) is 0.351. The molecule has 5 aromatic rings. The molecule has 1 saturated heterocycles. The number of aromatic nitrogens is 4. The van der Waals surface area contributed by atoms with Crippen molar-refractivity contribution in [1.82, 2.24) is 34.0 Å². The van der Waals surface area contributed by atoms with Crippen LogP contribution < -0.4 is 10.5 Å². The van der Waals surface area contributed by atoms with Crippen molar-refractivity contribution in [2.24, 2.45) is 0 Å². The highest BCUT2D eigenvalue weighted by Gasteiger charge is 2.31. The van der Waals surface area contributed by atoms with Gasteiger partial charge in [-0.15, -0.1) is 0 Å². The topological polar surface area (TPSA) is 149 Å². The second kappa shape index (κ2) is 14.8. The molecule has 3 heterocycles. The standard InChI is InChI=1S/C37H42N8O5S/c1-26(46)50-44(51(47,48)33-6-4-3-5-7-33)24-27-8-16-31(17-9-27)49-32-18-10-28(11-19-32)35-34-36(38)39-25-40-37(34)45(41-35)30-14-12-29(13-15-30)43-22-20-42(2)21-23-43/h3-11,16-19,25,29-30H,12-15,20-24H2,1-2H3,(H2,38,39,40). The molecule has 0 amide bonds. The van der Waals surface area contributed by atoms with Crippen molar-refractivity contribution in [3.8, 4) is 22.8 Å². The minimum Gasteiger partial charge on any atom is -0.457 e. The van der Waals surface area contributed by atoms with Gasteiger partial charge in [0, 0.05) is 44.7 Å². The lowest BCUT2D eigenvalue weighted by Crippen LogP contribution is -2.49. The van der Waals surface area contributed by atoms with E-state index in [9.17, 15) is 13.2 Å². The molecule has 2 fully saturated rings. The molecule has 1 aliphatic heterocycles. The molecule has 0 atom stereocenters. The number of likely N-dealkylation sites (N-methyl/N-ethyl adjacent to an activating group) is 1. The third-order valence-corrected chi connectivity index (χ3v) is 11.3. The number of carbonyl (C=O) groups excluding carboxylic acids is 1. The highest BCUT2D eigenvalue weighted by atomic mass is 32.2. The van der Waals surface area contributed by atoms with E-state index in [4.69, 9.17) is 20.4 Å². The summed E-state index contributed by atoms with van der Waals surface area (Å²) in [7, 11) is -1.88. The largest absolute Gasteiger partial charge is 0.457 e. The SMILES string of the molecule is CC(=O)ON(Cc1ccc(Oc2ccc(-c3nn(C4CCC(N5CCN(C)CC5)CC4)c4ncnc(N)c34)cc2)cc1)S(=O)(=O)c1ccccc1. The number of sulfonamides is 1. The Labute approximate surface area is 297 Å². The Hall–Kier alpha value is -4.89. The molecule has 14 heteroatoms. The van der Waals surface area contributed by atoms with Gasteiger partial charge in [-0.25, -0.2) is 23.1 Å². The van der Waals surface area contributed by atoms with Crippen LogP contribution in [0.2, 0.25) is 0 Å². The molecule has 2 aromatic heterocycles. The molecule has 2 aliphatic rings. The molecule has 0 bridgehead atoms. The minimum atomic E-state index is -4.08. The van der Waals surface area contributed by atoms with Crippen molar-refractivity contribution >= 4 is 32.8 Å². The van der Waals surface area contributed by atoms with Gasteiger partial charge in [-0.1, -0.05) is 30.3 Å². The van der Waals surface area contributed by atoms with Crippen molar-refractivity contribution in [3.05, 3.63) is 90.8 Å². The van der Waals surface area contributed by atoms with E-state index < -0.39 is 16.0 Å². The van der Waals surface area contributed by atoms with Crippen LogP contribution in [-0.2, 0) is 26.2 Å². The van der Waals surface area contributed by atoms with E-state index in [1.54, 1.807) is 42.5 Å². The molecule has 0 spiro atoms. The number of ether oxygens (including phenoxy) is 1. The van der Waals surface area contributed by atoms with E-state index in [2.05, 4.69) is 31.5 Å². The molecule has 1 saturated carbocycles. The van der Waals surface area contributed by atoms with E-state index in [0.717, 1.165) is 81.1 Å². The molecular weight excluding hydrogens is 669 g/mol. The predicted octanol–water partition coefficient (Wildman–Crippen LogP) is 5.27. The zero-order chi connectivity index (χ0) is 35.5. The Kier molecular flexibility index (Phi) is 10.0. The number of nitrogens with zero attached hydrogens (tertiary/aromatic N) is 7. The fourth-order valence-corrected chi connectivity index (χ4v) is 8.21. The first-order valence-corrected chi connectivity index (χ1v) is 18.6. The number of hydroxylamine groups is 1. The minimum absolute atomic E-state index is 0.0217. The first kappa shape index (κ1) is 34.6. The van der Waals surface area contributed by atoms with Gasteiger partial charge in [0.1, 0.15) is 29.3 Å². The Bertz CT molecular complexity index is 2080. The highest BCUT2D eigenvalue weighted by molar-refractivity contribution is 7.89. The van der Waals surface area contributed by atoms with E-state index >= 15 is 0 Å². The van der Waals surface area contributed by atoms with Crippen LogP contribution in [0, 0.1) is 0 Å². The van der Waals surface area contributed by atoms with Gasteiger partial charge in [0.25, 0.3) is 10.0 Å². The van der Waals surface area contributed by atoms with Crippen LogP contribution in [0.3, 0.4) is 0 Å². The van der Waals surface area contributed by atoms with Gasteiger partial charge in [0.2, 0.25) is 0 Å². The molecule has 0 unspecified atom stereocenters. The zero-order valence-electron chi connectivity index (χ0n) is 28.8. The molecule has 3 aromatic carbocycles. The van der Waals surface area contributed by atoms with Crippen molar-refractivity contribution in [1.29, 1.82) is 0 Å². The lowest BCUT2D eigenvalue weighted by molar-refractivity contribution is -0.168. The second-order valence-corrected chi connectivity index (χ2v) is 15.0. The quantitative estimate of drug-likeness (QED) is 0.189. The van der Waals surface area contributed by atoms with Crippen molar-refractivity contribution in [3.63, 3.8) is 0 Å². The molecule has 1 aliphatic carbocycles. The summed E-state index contributed by atoms with van der Waals surface area (Å²) in [5.41, 5.74) is 9.39. The molecule has 7 rings (SSSR count). The van der Waals surface area contributed by atoms with Crippen LogP contribution in [0.5, 0.6) is 11.5 Å². The first-order chi connectivity index (χ1) is 24.7. The van der Waals surface area contributed by atoms with Crippen LogP contribution in [-0.4, -0.2) is 87.7 Å². The number of carbonyl (C=O) groups is 1. The van der Waals surface area contributed by atoms with E-state index in [-0.39, 0.29) is 17.5 Å². The van der Waals surface area contributed by atoms with Gasteiger partial charge in [0.15, 0.2) is 5.65 Å². The van der Waals surface area contributed by atoms with Crippen LogP contribution in [0.15, 0.2) is 90.1 Å². The number of fused-ring (bicyclic) bond motifs is 1. The molecule has 13 nitrogen and oxygen atoms in total. The van der Waals surface area contributed by atoms with Crippen molar-refractivity contribution < 1.29 is 22.8 Å². The number of benzene rings is 3. The fourth-order valence-electron chi connectivity index (χ4n) is 6.96. The van der Waals surface area contributed by atoms with Crippen LogP contribution in [0.4, 0.5) is 5.82 Å². The Morgan fingerprint density at radius 2 is 1.49 bits per heavy atom. The van der Waals surface area contributed by atoms with Gasteiger partial charge >= 0.3 is 5.97 Å². The monoisotopic (exact) mass is 710 g/mol. The van der Waals surface area contributed by atoms with Crippen LogP contribution in [0.25, 0.3) is 22.3 Å². The third kappa shape index (κ3) is 7.59. The maximum atomic E-state index is 13.2. The lowest BCUT2D eigenvalue weighted by Gasteiger charge is -2.41. The van der Waals surface area contributed by atoms with Gasteiger partial charge < -0.3 is 20.2 Å². The van der Waals surface area contributed by atoms with E-state index in [1.807, 2.05) is 24.3 Å². The van der Waals surface area contributed by atoms with Crippen molar-refractivity contribution in [2.75, 3.05) is 39.0 Å². The number of hydrogen-bond donors (Lipinski definition) is 1. The molecule has 0 radical (unpaired) electrons. The number of hydrogen-bond acceptors (Lipinski definition) is 11. The molecule has 2 N–H and O–H groups in total. The summed E-state index contributed by atoms with van der Waals surface area (Å²) >= 11 is 0. The predicted molar refractivity (Wildman–Crippen MR) is 193 cm³/mol. The average Bonchev–Trinajstić information content (AvgIpc) is 3.54.